The number of hydrogen-bond donors (Lipinski definition) is 1. The van der Waals surface area contributed by atoms with Crippen LogP contribution < -0.4 is 4.72 Å². The highest BCUT2D eigenvalue weighted by atomic mass is 32.2. The van der Waals surface area contributed by atoms with Crippen LogP contribution >= 0.6 is 0 Å². The predicted octanol–water partition coefficient (Wildman–Crippen LogP) is 3.42. The number of carbonyl (C=O) groups excluding carboxylic acids is 1. The molecule has 148 valence electrons. The number of Topliss-reactive ketones (excluding diaryl/α,β-unsaturated/α-hetero) is 1. The monoisotopic (exact) mass is 399 g/mol. The van der Waals surface area contributed by atoms with Gasteiger partial charge in [-0.05, 0) is 49.1 Å². The molecule has 1 N–H and O–H groups in total. The number of ketones is 1. The number of nitrogens with zero attached hydrogens (tertiary/aromatic N) is 2. The summed E-state index contributed by atoms with van der Waals surface area (Å²) >= 11 is 0. The van der Waals surface area contributed by atoms with Crippen molar-refractivity contribution in [2.75, 3.05) is 6.54 Å². The molecule has 0 bridgehead atoms. The molecule has 6 nitrogen and oxygen atoms in total. The van der Waals surface area contributed by atoms with Gasteiger partial charge in [-0.1, -0.05) is 26.0 Å². The lowest BCUT2D eigenvalue weighted by molar-refractivity contribution is 0.101. The average Bonchev–Trinajstić information content (AvgIpc) is 2.99. The molecule has 28 heavy (non-hydrogen) atoms. The van der Waals surface area contributed by atoms with Crippen molar-refractivity contribution in [2.24, 2.45) is 5.92 Å². The van der Waals surface area contributed by atoms with Crippen molar-refractivity contribution in [1.82, 2.24) is 14.3 Å². The Morgan fingerprint density at radius 2 is 1.89 bits per heavy atom. The van der Waals surface area contributed by atoms with E-state index in [1.807, 2.05) is 12.1 Å². The first kappa shape index (κ1) is 20.2. The Balaban J connectivity index is 1.73. The summed E-state index contributed by atoms with van der Waals surface area (Å²) in [5.41, 5.74) is 2.48. The van der Waals surface area contributed by atoms with E-state index in [0.717, 1.165) is 23.1 Å². The normalized spacial score (nSPS) is 12.0. The number of carbonyl (C=O) groups is 1. The zero-order chi connectivity index (χ0) is 20.3. The Morgan fingerprint density at radius 3 is 2.54 bits per heavy atom. The maximum atomic E-state index is 12.5. The maximum absolute atomic E-state index is 12.5. The lowest BCUT2D eigenvalue weighted by Crippen LogP contribution is -2.26. The first-order valence-electron chi connectivity index (χ1n) is 9.31. The number of sulfonamides is 1. The number of benzene rings is 1. The van der Waals surface area contributed by atoms with Gasteiger partial charge >= 0.3 is 0 Å². The van der Waals surface area contributed by atoms with Crippen LogP contribution in [0.25, 0.3) is 11.0 Å². The second-order valence-corrected chi connectivity index (χ2v) is 9.07. The lowest BCUT2D eigenvalue weighted by atomic mass is 10.2. The van der Waals surface area contributed by atoms with Crippen LogP contribution in [0.5, 0.6) is 0 Å². The molecule has 0 spiro atoms. The van der Waals surface area contributed by atoms with Crippen LogP contribution in [-0.2, 0) is 23.0 Å². The predicted molar refractivity (Wildman–Crippen MR) is 110 cm³/mol. The minimum Gasteiger partial charge on any atom is -0.332 e. The maximum Gasteiger partial charge on any atom is 0.240 e. The number of nitrogens with one attached hydrogen (secondary N) is 1. The molecule has 0 aliphatic rings. The number of aromatic nitrogens is 2. The average molecular weight is 400 g/mol. The molecule has 0 amide bonds. The minimum atomic E-state index is -3.62. The smallest absolute Gasteiger partial charge is 0.240 e. The molecule has 0 fully saturated rings. The van der Waals surface area contributed by atoms with Crippen LogP contribution in [0.1, 0.15) is 36.7 Å². The molecular formula is C21H25N3O3S. The van der Waals surface area contributed by atoms with Crippen LogP contribution in [0.3, 0.4) is 0 Å². The van der Waals surface area contributed by atoms with Crippen LogP contribution in [0.4, 0.5) is 0 Å². The summed E-state index contributed by atoms with van der Waals surface area (Å²) in [4.78, 5) is 16.0. The first-order valence-corrected chi connectivity index (χ1v) is 10.8. The van der Waals surface area contributed by atoms with E-state index < -0.39 is 10.0 Å². The number of pyridine rings is 1. The fourth-order valence-electron chi connectivity index (χ4n) is 3.20. The zero-order valence-electron chi connectivity index (χ0n) is 16.3. The summed E-state index contributed by atoms with van der Waals surface area (Å²) in [6, 6.07) is 9.88. The van der Waals surface area contributed by atoms with E-state index in [1.54, 1.807) is 6.20 Å². The zero-order valence-corrected chi connectivity index (χ0v) is 17.2. The van der Waals surface area contributed by atoms with Crippen molar-refractivity contribution in [2.45, 2.75) is 38.6 Å². The quantitative estimate of drug-likeness (QED) is 0.589. The molecule has 3 aromatic rings. The largest absolute Gasteiger partial charge is 0.332 e. The third-order valence-corrected chi connectivity index (χ3v) is 6.01. The van der Waals surface area contributed by atoms with Crippen molar-refractivity contribution >= 4 is 26.8 Å². The van der Waals surface area contributed by atoms with Gasteiger partial charge in [-0.25, -0.2) is 18.1 Å². The van der Waals surface area contributed by atoms with Crippen molar-refractivity contribution in [3.63, 3.8) is 0 Å². The molecule has 0 atom stereocenters. The van der Waals surface area contributed by atoms with Crippen molar-refractivity contribution < 1.29 is 13.2 Å². The summed E-state index contributed by atoms with van der Waals surface area (Å²) < 4.78 is 29.8. The Morgan fingerprint density at radius 1 is 1.18 bits per heavy atom. The molecule has 0 aliphatic carbocycles. The number of hydrogen-bond acceptors (Lipinski definition) is 4. The molecule has 0 saturated heterocycles. The first-order chi connectivity index (χ1) is 13.3. The Bertz CT molecular complexity index is 1080. The number of fused-ring (bicyclic) bond motifs is 1. The van der Waals surface area contributed by atoms with Crippen LogP contribution in [0.2, 0.25) is 0 Å². The fourth-order valence-corrected chi connectivity index (χ4v) is 4.23. The Kier molecular flexibility index (Phi) is 5.96. The third-order valence-electron chi connectivity index (χ3n) is 4.54. The van der Waals surface area contributed by atoms with Gasteiger partial charge in [-0.2, -0.15) is 0 Å². The second kappa shape index (κ2) is 8.24. The summed E-state index contributed by atoms with van der Waals surface area (Å²) in [6.07, 6.45) is 4.40. The van der Waals surface area contributed by atoms with Crippen LogP contribution in [0, 0.1) is 5.92 Å². The molecule has 2 aromatic heterocycles. The second-order valence-electron chi connectivity index (χ2n) is 7.30. The highest BCUT2D eigenvalue weighted by molar-refractivity contribution is 7.89. The summed E-state index contributed by atoms with van der Waals surface area (Å²) in [7, 11) is -3.62. The van der Waals surface area contributed by atoms with Crippen LogP contribution in [-0.4, -0.2) is 30.3 Å². The van der Waals surface area contributed by atoms with E-state index in [9.17, 15) is 13.2 Å². The Hall–Kier alpha value is -2.51. The van der Waals surface area contributed by atoms with Gasteiger partial charge in [0.2, 0.25) is 10.0 Å². The van der Waals surface area contributed by atoms with Crippen molar-refractivity contribution in [3.05, 3.63) is 59.9 Å². The molecule has 2 heterocycles. The fraction of sp³-hybridized carbons (Fsp3) is 0.333. The lowest BCUT2D eigenvalue weighted by Gasteiger charge is -2.07. The minimum absolute atomic E-state index is 0.0942. The number of rotatable bonds is 8. The van der Waals surface area contributed by atoms with Crippen LogP contribution in [0.15, 0.2) is 53.7 Å². The summed E-state index contributed by atoms with van der Waals surface area (Å²) in [6.45, 7) is 6.90. The highest BCUT2D eigenvalue weighted by Gasteiger charge is 2.15. The molecule has 0 unspecified atom stereocenters. The van der Waals surface area contributed by atoms with Gasteiger partial charge in [0.25, 0.3) is 0 Å². The van der Waals surface area contributed by atoms with E-state index in [4.69, 9.17) is 0 Å². The van der Waals surface area contributed by atoms with Gasteiger partial charge in [0.15, 0.2) is 5.78 Å². The molecule has 1 aromatic carbocycles. The molecule has 0 saturated carbocycles. The van der Waals surface area contributed by atoms with E-state index >= 15 is 0 Å². The highest BCUT2D eigenvalue weighted by Crippen LogP contribution is 2.21. The van der Waals surface area contributed by atoms with Gasteiger partial charge in [-0.3, -0.25) is 4.79 Å². The van der Waals surface area contributed by atoms with Gasteiger partial charge in [0.05, 0.1) is 4.90 Å². The van der Waals surface area contributed by atoms with E-state index in [2.05, 4.69) is 34.3 Å². The van der Waals surface area contributed by atoms with E-state index in [1.165, 1.54) is 31.2 Å². The molecule has 0 radical (unpaired) electrons. The standard InChI is InChI=1S/C21H25N3O3S/c1-15(2)13-24-14-18(20-5-4-11-22-21(20)24)10-12-23-28(26,27)19-8-6-17(7-9-19)16(3)25/h4-9,11,14-15,23H,10,12-13H2,1-3H3. The van der Waals surface area contributed by atoms with Gasteiger partial charge in [0.1, 0.15) is 5.65 Å². The van der Waals surface area contributed by atoms with Gasteiger partial charge in [-0.15, -0.1) is 0 Å². The SMILES string of the molecule is CC(=O)c1ccc(S(=O)(=O)NCCc2cn(CC(C)C)c3ncccc23)cc1. The molecule has 0 aliphatic heterocycles. The van der Waals surface area contributed by atoms with Crippen molar-refractivity contribution in [1.29, 1.82) is 0 Å². The van der Waals surface area contributed by atoms with E-state index in [-0.39, 0.29) is 17.2 Å². The summed E-state index contributed by atoms with van der Waals surface area (Å²) in [5.74, 6) is 0.394. The van der Waals surface area contributed by atoms with Crippen molar-refractivity contribution in [3.8, 4) is 0 Å². The topological polar surface area (TPSA) is 81.1 Å². The molecule has 3 rings (SSSR count). The van der Waals surface area contributed by atoms with Gasteiger partial charge in [0, 0.05) is 36.4 Å². The van der Waals surface area contributed by atoms with Gasteiger partial charge < -0.3 is 4.57 Å². The Labute approximate surface area is 165 Å². The molecule has 7 heteroatoms. The third kappa shape index (κ3) is 4.48. The van der Waals surface area contributed by atoms with E-state index in [0.29, 0.717) is 17.9 Å². The summed E-state index contributed by atoms with van der Waals surface area (Å²) in [5, 5.41) is 1.05. The molecular weight excluding hydrogens is 374 g/mol.